The number of halogens is 3. The molecule has 21 heavy (non-hydrogen) atoms. The van der Waals surface area contributed by atoms with Gasteiger partial charge in [0.15, 0.2) is 0 Å². The minimum atomic E-state index is -4.54. The lowest BCUT2D eigenvalue weighted by Crippen LogP contribution is -2.29. The van der Waals surface area contributed by atoms with Gasteiger partial charge in [-0.15, -0.1) is 0 Å². The number of aliphatic hydroxyl groups is 1. The van der Waals surface area contributed by atoms with Crippen molar-refractivity contribution in [3.8, 4) is 5.75 Å². The van der Waals surface area contributed by atoms with E-state index in [0.29, 0.717) is 18.8 Å². The number of nitrogens with two attached hydrogens (primary N) is 1. The molecule has 1 aromatic carbocycles. The molecule has 1 aromatic rings. The largest absolute Gasteiger partial charge is 0.497 e. The Morgan fingerprint density at radius 2 is 1.86 bits per heavy atom. The van der Waals surface area contributed by atoms with E-state index >= 15 is 0 Å². The average Bonchev–Trinajstić information content (AvgIpc) is 2.42. The Balaban J connectivity index is 3.05. The van der Waals surface area contributed by atoms with Crippen molar-refractivity contribution < 1.29 is 23.0 Å². The second-order valence-electron chi connectivity index (χ2n) is 5.52. The number of benzene rings is 1. The lowest BCUT2D eigenvalue weighted by Gasteiger charge is -2.23. The molecule has 0 unspecified atom stereocenters. The predicted octanol–water partition coefficient (Wildman–Crippen LogP) is 3.51. The van der Waals surface area contributed by atoms with Crippen LogP contribution in [-0.4, -0.2) is 18.3 Å². The highest BCUT2D eigenvalue weighted by atomic mass is 19.4. The van der Waals surface area contributed by atoms with Gasteiger partial charge in [0.25, 0.3) is 0 Å². The highest BCUT2D eigenvalue weighted by molar-refractivity contribution is 5.39. The summed E-state index contributed by atoms with van der Waals surface area (Å²) >= 11 is 0. The summed E-state index contributed by atoms with van der Waals surface area (Å²) in [5, 5.41) is 10.0. The number of methoxy groups -OCH3 is 1. The van der Waals surface area contributed by atoms with Crippen molar-refractivity contribution in [2.24, 2.45) is 11.7 Å². The van der Waals surface area contributed by atoms with Gasteiger partial charge in [-0.25, -0.2) is 0 Å². The van der Waals surface area contributed by atoms with Crippen LogP contribution in [0.3, 0.4) is 0 Å². The quantitative estimate of drug-likeness (QED) is 0.845. The normalized spacial score (nSPS) is 15.1. The Morgan fingerprint density at radius 3 is 2.33 bits per heavy atom. The van der Waals surface area contributed by atoms with Crippen LogP contribution < -0.4 is 10.5 Å². The van der Waals surface area contributed by atoms with E-state index in [9.17, 15) is 18.3 Å². The summed E-state index contributed by atoms with van der Waals surface area (Å²) in [7, 11) is 1.30. The molecule has 1 rings (SSSR count). The van der Waals surface area contributed by atoms with Crippen LogP contribution in [0, 0.1) is 5.92 Å². The fraction of sp³-hybridized carbons (Fsp3) is 0.600. The van der Waals surface area contributed by atoms with Gasteiger partial charge in [-0.05, 0) is 36.5 Å². The molecule has 120 valence electrons. The van der Waals surface area contributed by atoms with Crippen LogP contribution in [0.4, 0.5) is 13.2 Å². The fourth-order valence-corrected chi connectivity index (χ4v) is 2.09. The van der Waals surface area contributed by atoms with E-state index in [2.05, 4.69) is 0 Å². The third-order valence-corrected chi connectivity index (χ3v) is 3.38. The summed E-state index contributed by atoms with van der Waals surface area (Å²) in [6.07, 6.45) is -4.49. The first-order valence-electron chi connectivity index (χ1n) is 6.85. The van der Waals surface area contributed by atoms with Crippen molar-refractivity contribution in [2.75, 3.05) is 7.11 Å². The van der Waals surface area contributed by atoms with Crippen LogP contribution in [-0.2, 0) is 6.18 Å². The zero-order valence-corrected chi connectivity index (χ0v) is 12.4. The Bertz CT molecular complexity index is 461. The summed E-state index contributed by atoms with van der Waals surface area (Å²) in [5.74, 6) is 0.458. The van der Waals surface area contributed by atoms with Crippen LogP contribution in [0.25, 0.3) is 0 Å². The number of ether oxygens (including phenoxy) is 1. The molecule has 0 heterocycles. The molecule has 3 N–H and O–H groups in total. The third kappa shape index (κ3) is 4.89. The molecule has 0 radical (unpaired) electrons. The number of hydrogen-bond donors (Lipinski definition) is 2. The smallest absolute Gasteiger partial charge is 0.416 e. The molecule has 0 bridgehead atoms. The Kier molecular flexibility index (Phi) is 6.04. The molecule has 0 saturated heterocycles. The van der Waals surface area contributed by atoms with Gasteiger partial charge in [-0.3, -0.25) is 0 Å². The first-order valence-corrected chi connectivity index (χ1v) is 6.85. The van der Waals surface area contributed by atoms with Gasteiger partial charge in [0.2, 0.25) is 0 Å². The molecule has 0 spiro atoms. The molecular weight excluding hydrogens is 283 g/mol. The number of aliphatic hydroxyl groups excluding tert-OH is 1. The minimum absolute atomic E-state index is 0.106. The zero-order chi connectivity index (χ0) is 16.2. The van der Waals surface area contributed by atoms with E-state index in [1.807, 2.05) is 13.8 Å². The Morgan fingerprint density at radius 1 is 1.24 bits per heavy atom. The van der Waals surface area contributed by atoms with Crippen molar-refractivity contribution in [2.45, 2.75) is 45.0 Å². The summed E-state index contributed by atoms with van der Waals surface area (Å²) in [6, 6.07) is 2.51. The van der Waals surface area contributed by atoms with Gasteiger partial charge in [-0.2, -0.15) is 13.2 Å². The summed E-state index contributed by atoms with van der Waals surface area (Å²) in [4.78, 5) is 0. The van der Waals surface area contributed by atoms with Crippen molar-refractivity contribution in [3.63, 3.8) is 0 Å². The molecule has 0 aliphatic rings. The fourth-order valence-electron chi connectivity index (χ4n) is 2.09. The molecule has 0 aliphatic carbocycles. The predicted molar refractivity (Wildman–Crippen MR) is 75.0 cm³/mol. The maximum Gasteiger partial charge on any atom is 0.416 e. The van der Waals surface area contributed by atoms with Gasteiger partial charge in [0.05, 0.1) is 24.8 Å². The van der Waals surface area contributed by atoms with Gasteiger partial charge < -0.3 is 15.6 Å². The Labute approximate surface area is 122 Å². The lowest BCUT2D eigenvalue weighted by atomic mass is 9.92. The van der Waals surface area contributed by atoms with Crippen LogP contribution >= 0.6 is 0 Å². The van der Waals surface area contributed by atoms with Crippen LogP contribution in [0.15, 0.2) is 18.2 Å². The molecule has 0 aliphatic heterocycles. The van der Waals surface area contributed by atoms with E-state index < -0.39 is 23.9 Å². The summed E-state index contributed by atoms with van der Waals surface area (Å²) in [5.41, 5.74) is 4.85. The van der Waals surface area contributed by atoms with Gasteiger partial charge >= 0.3 is 6.18 Å². The van der Waals surface area contributed by atoms with Crippen molar-refractivity contribution in [3.05, 3.63) is 29.3 Å². The molecule has 3 nitrogen and oxygen atoms in total. The highest BCUT2D eigenvalue weighted by Crippen LogP contribution is 2.37. The van der Waals surface area contributed by atoms with Gasteiger partial charge in [-0.1, -0.05) is 19.9 Å². The second-order valence-corrected chi connectivity index (χ2v) is 5.52. The lowest BCUT2D eigenvalue weighted by molar-refractivity contribution is -0.138. The van der Waals surface area contributed by atoms with Gasteiger partial charge in [0.1, 0.15) is 5.75 Å². The number of hydrogen-bond acceptors (Lipinski definition) is 3. The second kappa shape index (κ2) is 7.13. The summed E-state index contributed by atoms with van der Waals surface area (Å²) < 4.78 is 44.2. The summed E-state index contributed by atoms with van der Waals surface area (Å²) in [6.45, 7) is 3.96. The average molecular weight is 305 g/mol. The molecule has 2 atom stereocenters. The third-order valence-electron chi connectivity index (χ3n) is 3.38. The standard InChI is InChI=1S/C15H22F3NO2/c1-9(2)4-7-13(20)14(19)11-6-5-10(21-3)8-12(11)15(16,17)18/h5-6,8-9,13-14,20H,4,7,19H2,1-3H3/t13-,14+/m1/s1. The maximum atomic E-state index is 13.1. The SMILES string of the molecule is COc1ccc([C@H](N)[C@H](O)CCC(C)C)c(C(F)(F)F)c1. The molecule has 0 saturated carbocycles. The monoisotopic (exact) mass is 305 g/mol. The van der Waals surface area contributed by atoms with E-state index in [-0.39, 0.29) is 11.3 Å². The molecular formula is C15H22F3NO2. The number of rotatable bonds is 6. The first-order chi connectivity index (χ1) is 9.66. The van der Waals surface area contributed by atoms with Crippen molar-refractivity contribution in [1.82, 2.24) is 0 Å². The maximum absolute atomic E-state index is 13.1. The highest BCUT2D eigenvalue weighted by Gasteiger charge is 2.36. The van der Waals surface area contributed by atoms with Crippen LogP contribution in [0.1, 0.15) is 43.9 Å². The first kappa shape index (κ1) is 17.8. The Hall–Kier alpha value is -1.27. The minimum Gasteiger partial charge on any atom is -0.497 e. The van der Waals surface area contributed by atoms with E-state index in [1.54, 1.807) is 0 Å². The van der Waals surface area contributed by atoms with Crippen LogP contribution in [0.5, 0.6) is 5.75 Å². The van der Waals surface area contributed by atoms with Crippen LogP contribution in [0.2, 0.25) is 0 Å². The molecule has 6 heteroatoms. The van der Waals surface area contributed by atoms with E-state index in [0.717, 1.165) is 6.07 Å². The topological polar surface area (TPSA) is 55.5 Å². The van der Waals surface area contributed by atoms with Crippen molar-refractivity contribution in [1.29, 1.82) is 0 Å². The molecule has 0 fully saturated rings. The van der Waals surface area contributed by atoms with Gasteiger partial charge in [0, 0.05) is 0 Å². The zero-order valence-electron chi connectivity index (χ0n) is 12.4. The molecule has 0 aromatic heterocycles. The van der Waals surface area contributed by atoms with E-state index in [1.165, 1.54) is 19.2 Å². The number of alkyl halides is 3. The van der Waals surface area contributed by atoms with Crippen molar-refractivity contribution >= 4 is 0 Å². The molecule has 0 amide bonds. The van der Waals surface area contributed by atoms with E-state index in [4.69, 9.17) is 10.5 Å².